The predicted molar refractivity (Wildman–Crippen MR) is 80.1 cm³/mol. The van der Waals surface area contributed by atoms with E-state index in [9.17, 15) is 9.59 Å². The molecule has 0 spiro atoms. The van der Waals surface area contributed by atoms with Crippen molar-refractivity contribution in [2.24, 2.45) is 0 Å². The van der Waals surface area contributed by atoms with E-state index in [1.807, 2.05) is 16.7 Å². The summed E-state index contributed by atoms with van der Waals surface area (Å²) in [5.41, 5.74) is 0. The van der Waals surface area contributed by atoms with E-state index < -0.39 is 5.97 Å². The van der Waals surface area contributed by atoms with Gasteiger partial charge in [-0.25, -0.2) is 4.79 Å². The number of thioether (sulfide) groups is 1. The summed E-state index contributed by atoms with van der Waals surface area (Å²) < 4.78 is 0.0893. The molecule has 0 saturated carbocycles. The van der Waals surface area contributed by atoms with Crippen LogP contribution in [0, 0.1) is 0 Å². The molecule has 1 N–H and O–H groups in total. The standard InChI is InChI=1S/C14H24N2O3S/c1-14(2)10-15(7-8-20-14)13(19)16-6-4-3-5-11(16)9-12(17)18/h11H,3-10H2,1-2H3,(H,17,18). The van der Waals surface area contributed by atoms with Crippen LogP contribution in [0.2, 0.25) is 0 Å². The van der Waals surface area contributed by atoms with E-state index in [0.717, 1.165) is 38.1 Å². The zero-order valence-corrected chi connectivity index (χ0v) is 13.1. The van der Waals surface area contributed by atoms with E-state index in [-0.39, 0.29) is 23.2 Å². The van der Waals surface area contributed by atoms with Gasteiger partial charge in [0.05, 0.1) is 6.42 Å². The molecule has 2 rings (SSSR count). The molecular weight excluding hydrogens is 276 g/mol. The first-order chi connectivity index (χ1) is 9.39. The molecule has 0 aromatic rings. The van der Waals surface area contributed by atoms with E-state index >= 15 is 0 Å². The van der Waals surface area contributed by atoms with Gasteiger partial charge >= 0.3 is 12.0 Å². The Kier molecular flexibility index (Phi) is 4.83. The van der Waals surface area contributed by atoms with Gasteiger partial charge in [-0.1, -0.05) is 0 Å². The van der Waals surface area contributed by atoms with E-state index in [1.54, 1.807) is 4.90 Å². The summed E-state index contributed by atoms with van der Waals surface area (Å²) in [4.78, 5) is 27.3. The molecule has 20 heavy (non-hydrogen) atoms. The average Bonchev–Trinajstić information content (AvgIpc) is 2.36. The third-order valence-electron chi connectivity index (χ3n) is 3.98. The zero-order chi connectivity index (χ0) is 14.8. The Bertz CT molecular complexity index is 387. The van der Waals surface area contributed by atoms with Crippen molar-refractivity contribution in [1.29, 1.82) is 0 Å². The molecule has 0 bridgehead atoms. The quantitative estimate of drug-likeness (QED) is 0.850. The van der Waals surface area contributed by atoms with Gasteiger partial charge in [0.2, 0.25) is 0 Å². The minimum absolute atomic E-state index is 0.0318. The van der Waals surface area contributed by atoms with Crippen LogP contribution in [0.3, 0.4) is 0 Å². The molecule has 2 fully saturated rings. The molecule has 2 amide bonds. The monoisotopic (exact) mass is 300 g/mol. The van der Waals surface area contributed by atoms with Crippen molar-refractivity contribution < 1.29 is 14.7 Å². The number of hydrogen-bond acceptors (Lipinski definition) is 3. The fraction of sp³-hybridized carbons (Fsp3) is 0.857. The summed E-state index contributed by atoms with van der Waals surface area (Å²) in [6.45, 7) is 6.51. The highest BCUT2D eigenvalue weighted by Gasteiger charge is 2.35. The normalized spacial score (nSPS) is 26.4. The van der Waals surface area contributed by atoms with Crippen molar-refractivity contribution >= 4 is 23.8 Å². The number of urea groups is 1. The first-order valence-electron chi connectivity index (χ1n) is 7.30. The number of carbonyl (C=O) groups excluding carboxylic acids is 1. The molecule has 1 unspecified atom stereocenters. The lowest BCUT2D eigenvalue weighted by molar-refractivity contribution is -0.138. The van der Waals surface area contributed by atoms with Gasteiger partial charge in [0.15, 0.2) is 0 Å². The lowest BCUT2D eigenvalue weighted by Crippen LogP contribution is -2.55. The SMILES string of the molecule is CC1(C)CN(C(=O)N2CCCCC2CC(=O)O)CCS1. The van der Waals surface area contributed by atoms with Gasteiger partial charge in [-0.2, -0.15) is 11.8 Å². The van der Waals surface area contributed by atoms with Gasteiger partial charge in [0.25, 0.3) is 0 Å². The number of rotatable bonds is 2. The average molecular weight is 300 g/mol. The van der Waals surface area contributed by atoms with Crippen molar-refractivity contribution in [2.75, 3.05) is 25.4 Å². The summed E-state index contributed by atoms with van der Waals surface area (Å²) in [7, 11) is 0. The first kappa shape index (κ1) is 15.5. The molecule has 1 atom stereocenters. The molecule has 0 aliphatic carbocycles. The van der Waals surface area contributed by atoms with Crippen LogP contribution in [0.1, 0.15) is 39.5 Å². The van der Waals surface area contributed by atoms with Gasteiger partial charge in [-0.3, -0.25) is 4.79 Å². The van der Waals surface area contributed by atoms with E-state index in [2.05, 4.69) is 13.8 Å². The third-order valence-corrected chi connectivity index (χ3v) is 5.28. The fourth-order valence-electron chi connectivity index (χ4n) is 3.03. The third kappa shape index (κ3) is 3.81. The van der Waals surface area contributed by atoms with Crippen LogP contribution in [0.5, 0.6) is 0 Å². The molecule has 0 aromatic carbocycles. The molecule has 2 aliphatic rings. The second-order valence-corrected chi connectivity index (χ2v) is 8.06. The summed E-state index contributed by atoms with van der Waals surface area (Å²) in [5.74, 6) is 0.139. The maximum atomic E-state index is 12.7. The highest BCUT2D eigenvalue weighted by molar-refractivity contribution is 8.00. The van der Waals surface area contributed by atoms with Gasteiger partial charge < -0.3 is 14.9 Å². The Morgan fingerprint density at radius 1 is 1.30 bits per heavy atom. The highest BCUT2D eigenvalue weighted by Crippen LogP contribution is 2.31. The second kappa shape index (κ2) is 6.24. The first-order valence-corrected chi connectivity index (χ1v) is 8.29. The Balaban J connectivity index is 2.03. The molecule has 2 heterocycles. The van der Waals surface area contributed by atoms with Gasteiger partial charge in [-0.05, 0) is 33.1 Å². The van der Waals surface area contributed by atoms with Crippen molar-refractivity contribution in [1.82, 2.24) is 9.80 Å². The number of aliphatic carboxylic acids is 1. The molecule has 5 nitrogen and oxygen atoms in total. The highest BCUT2D eigenvalue weighted by atomic mass is 32.2. The van der Waals surface area contributed by atoms with Gasteiger partial charge in [0, 0.05) is 36.2 Å². The lowest BCUT2D eigenvalue weighted by atomic mass is 9.99. The van der Waals surface area contributed by atoms with Crippen LogP contribution in [0.15, 0.2) is 0 Å². The van der Waals surface area contributed by atoms with Crippen LogP contribution < -0.4 is 0 Å². The number of carboxylic acid groups (broad SMARTS) is 1. The maximum absolute atomic E-state index is 12.7. The molecule has 2 saturated heterocycles. The molecule has 6 heteroatoms. The predicted octanol–water partition coefficient (Wildman–Crippen LogP) is 2.26. The largest absolute Gasteiger partial charge is 0.481 e. The minimum Gasteiger partial charge on any atom is -0.481 e. The van der Waals surface area contributed by atoms with Crippen molar-refractivity contribution in [3.05, 3.63) is 0 Å². The topological polar surface area (TPSA) is 60.9 Å². The van der Waals surface area contributed by atoms with Gasteiger partial charge in [0.1, 0.15) is 0 Å². The number of amides is 2. The van der Waals surface area contributed by atoms with Crippen LogP contribution in [-0.4, -0.2) is 63.1 Å². The van der Waals surface area contributed by atoms with E-state index in [4.69, 9.17) is 5.11 Å². The number of hydrogen-bond donors (Lipinski definition) is 1. The molecule has 2 aliphatic heterocycles. The maximum Gasteiger partial charge on any atom is 0.320 e. The Morgan fingerprint density at radius 3 is 2.70 bits per heavy atom. The van der Waals surface area contributed by atoms with Crippen molar-refractivity contribution in [3.63, 3.8) is 0 Å². The van der Waals surface area contributed by atoms with Crippen LogP contribution >= 0.6 is 11.8 Å². The zero-order valence-electron chi connectivity index (χ0n) is 12.3. The summed E-state index contributed by atoms with van der Waals surface area (Å²) >= 11 is 1.89. The Morgan fingerprint density at radius 2 is 2.05 bits per heavy atom. The summed E-state index contributed by atoms with van der Waals surface area (Å²) in [5, 5.41) is 9.00. The van der Waals surface area contributed by atoms with Crippen LogP contribution in [-0.2, 0) is 4.79 Å². The fourth-order valence-corrected chi connectivity index (χ4v) is 4.14. The smallest absolute Gasteiger partial charge is 0.320 e. The molecule has 0 radical (unpaired) electrons. The minimum atomic E-state index is -0.816. The summed E-state index contributed by atoms with van der Waals surface area (Å²) in [6.07, 6.45) is 2.87. The van der Waals surface area contributed by atoms with E-state index in [0.29, 0.717) is 6.54 Å². The van der Waals surface area contributed by atoms with Crippen LogP contribution in [0.4, 0.5) is 4.79 Å². The molecule has 114 valence electrons. The Labute approximate surface area is 124 Å². The molecular formula is C14H24N2O3S. The number of carbonyl (C=O) groups is 2. The van der Waals surface area contributed by atoms with Gasteiger partial charge in [-0.15, -0.1) is 0 Å². The number of piperidine rings is 1. The second-order valence-electron chi connectivity index (χ2n) is 6.25. The number of likely N-dealkylation sites (tertiary alicyclic amines) is 1. The molecule has 0 aromatic heterocycles. The Hall–Kier alpha value is -0.910. The number of carboxylic acids is 1. The van der Waals surface area contributed by atoms with E-state index in [1.165, 1.54) is 0 Å². The lowest BCUT2D eigenvalue weighted by Gasteiger charge is -2.43. The number of nitrogens with zero attached hydrogens (tertiary/aromatic N) is 2. The van der Waals surface area contributed by atoms with Crippen LogP contribution in [0.25, 0.3) is 0 Å². The summed E-state index contributed by atoms with van der Waals surface area (Å²) in [6, 6.07) is -0.101. The van der Waals surface area contributed by atoms with Crippen molar-refractivity contribution in [2.45, 2.75) is 50.3 Å². The van der Waals surface area contributed by atoms with Crippen molar-refractivity contribution in [3.8, 4) is 0 Å².